The lowest BCUT2D eigenvalue weighted by Gasteiger charge is -2.17. The van der Waals surface area contributed by atoms with E-state index in [0.29, 0.717) is 11.3 Å². The quantitative estimate of drug-likeness (QED) is 0.287. The molecule has 0 aliphatic rings. The van der Waals surface area contributed by atoms with Crippen LogP contribution in [0.25, 0.3) is 11.0 Å². The number of imidazole rings is 1. The van der Waals surface area contributed by atoms with E-state index < -0.39 is 35.2 Å². The van der Waals surface area contributed by atoms with E-state index in [1.54, 1.807) is 30.8 Å². The Kier molecular flexibility index (Phi) is 11.5. The predicted molar refractivity (Wildman–Crippen MR) is 156 cm³/mol. The number of amides is 3. The van der Waals surface area contributed by atoms with E-state index in [1.807, 2.05) is 13.8 Å². The van der Waals surface area contributed by atoms with Crippen molar-refractivity contribution in [2.24, 2.45) is 0 Å². The van der Waals surface area contributed by atoms with Crippen molar-refractivity contribution in [2.45, 2.75) is 51.9 Å². The van der Waals surface area contributed by atoms with Crippen LogP contribution in [0.2, 0.25) is 0 Å². The molecule has 14 heteroatoms. The number of allylic oxidation sites excluding steroid dienone is 1. The van der Waals surface area contributed by atoms with Crippen LogP contribution in [0.5, 0.6) is 0 Å². The van der Waals surface area contributed by atoms with E-state index in [-0.39, 0.29) is 55.8 Å². The number of hydrogen-bond donors (Lipinski definition) is 2. The summed E-state index contributed by atoms with van der Waals surface area (Å²) >= 11 is 0. The first kappa shape index (κ1) is 32.9. The van der Waals surface area contributed by atoms with Gasteiger partial charge in [-0.2, -0.15) is 0 Å². The summed E-state index contributed by atoms with van der Waals surface area (Å²) in [7, 11) is 4.36. The van der Waals surface area contributed by atoms with Gasteiger partial charge in [-0.3, -0.25) is 14.4 Å². The average molecular weight is 603 g/mol. The Morgan fingerprint density at radius 1 is 1.16 bits per heavy atom. The number of ether oxygens (including phenoxy) is 2. The third kappa shape index (κ3) is 8.95. The zero-order valence-electron chi connectivity index (χ0n) is 24.7. The van der Waals surface area contributed by atoms with Crippen molar-refractivity contribution in [3.63, 3.8) is 0 Å². The fourth-order valence-electron chi connectivity index (χ4n) is 4.11. The predicted octanol–water partition coefficient (Wildman–Crippen LogP) is 3.04. The van der Waals surface area contributed by atoms with Crippen LogP contribution >= 0.6 is 0 Å². The number of alkyl carbamates (subject to hydrolysis) is 1. The second-order valence-electron chi connectivity index (χ2n) is 10.1. The van der Waals surface area contributed by atoms with Gasteiger partial charge in [-0.05, 0) is 44.9 Å². The van der Waals surface area contributed by atoms with Gasteiger partial charge in [0.1, 0.15) is 17.6 Å². The van der Waals surface area contributed by atoms with Crippen LogP contribution in [0.4, 0.5) is 19.3 Å². The number of nitrogens with zero attached hydrogens (tertiary/aromatic N) is 4. The third-order valence-electron chi connectivity index (χ3n) is 6.34. The van der Waals surface area contributed by atoms with Gasteiger partial charge in [0.25, 0.3) is 5.56 Å². The molecular formula is C29H36F2N6O6. The highest BCUT2D eigenvalue weighted by Crippen LogP contribution is 2.21. The summed E-state index contributed by atoms with van der Waals surface area (Å²) in [6, 6.07) is 3.92. The van der Waals surface area contributed by atoms with Crippen molar-refractivity contribution in [3.8, 4) is 0 Å². The van der Waals surface area contributed by atoms with E-state index in [9.17, 15) is 28.0 Å². The second-order valence-corrected chi connectivity index (χ2v) is 10.1. The first-order valence-corrected chi connectivity index (χ1v) is 13.6. The number of hydrogen-bond acceptors (Lipinski definition) is 7. The Balaban J connectivity index is 1.84. The molecule has 1 aromatic carbocycles. The minimum absolute atomic E-state index is 0.0515. The van der Waals surface area contributed by atoms with Crippen LogP contribution in [-0.2, 0) is 32.2 Å². The fourth-order valence-corrected chi connectivity index (χ4v) is 4.11. The summed E-state index contributed by atoms with van der Waals surface area (Å²) < 4.78 is 41.2. The highest BCUT2D eigenvalue weighted by molar-refractivity contribution is 5.96. The lowest BCUT2D eigenvalue weighted by atomic mass is 10.1. The second kappa shape index (κ2) is 15.0. The number of benzene rings is 1. The van der Waals surface area contributed by atoms with E-state index in [2.05, 4.69) is 20.4 Å². The fraction of sp³-hybridized carbons (Fsp3) is 0.414. The molecule has 0 saturated carbocycles. The van der Waals surface area contributed by atoms with Gasteiger partial charge in [0.05, 0.1) is 37.4 Å². The van der Waals surface area contributed by atoms with Crippen molar-refractivity contribution in [2.75, 3.05) is 33.1 Å². The molecule has 3 aromatic rings. The van der Waals surface area contributed by atoms with Crippen LogP contribution in [0.3, 0.4) is 0 Å². The van der Waals surface area contributed by atoms with Gasteiger partial charge in [-0.1, -0.05) is 6.08 Å². The number of carbonyl (C=O) groups is 3. The number of nitrogens with one attached hydrogen (secondary N) is 2. The Bertz CT molecular complexity index is 1550. The number of pyridine rings is 1. The van der Waals surface area contributed by atoms with E-state index in [4.69, 9.17) is 4.74 Å². The van der Waals surface area contributed by atoms with Crippen LogP contribution in [0.1, 0.15) is 32.5 Å². The van der Waals surface area contributed by atoms with E-state index in [1.165, 1.54) is 27.8 Å². The monoisotopic (exact) mass is 602 g/mol. The van der Waals surface area contributed by atoms with E-state index >= 15 is 0 Å². The standard InChI is InChI=1S/C29H36F2N6O6/c1-18(2)43-14-13-37-24-16-20(31)19(30)15-23(24)32-25(37)17-36-12-8-10-22(28(36)40)33-27(39)21(34-29(41)42-5)9-6-7-11-26(38)35(3)4/h7-8,10-12,15-16,18,21H,6,9,13-14,17H2,1-5H3,(H,33,39)(H,34,41). The lowest BCUT2D eigenvalue weighted by Crippen LogP contribution is -2.44. The summed E-state index contributed by atoms with van der Waals surface area (Å²) in [5.74, 6) is -2.62. The van der Waals surface area contributed by atoms with Crippen molar-refractivity contribution < 1.29 is 32.6 Å². The number of halogens is 2. The van der Waals surface area contributed by atoms with Crippen LogP contribution < -0.4 is 16.2 Å². The summed E-state index contributed by atoms with van der Waals surface area (Å²) in [5.41, 5.74) is -0.0743. The number of aromatic nitrogens is 3. The maximum absolute atomic E-state index is 14.1. The first-order valence-electron chi connectivity index (χ1n) is 13.6. The maximum atomic E-state index is 14.1. The van der Waals surface area contributed by atoms with Crippen molar-refractivity contribution in [1.29, 1.82) is 0 Å². The van der Waals surface area contributed by atoms with Crippen LogP contribution in [0.15, 0.2) is 47.4 Å². The van der Waals surface area contributed by atoms with Gasteiger partial charge in [0.15, 0.2) is 11.6 Å². The Morgan fingerprint density at radius 2 is 1.88 bits per heavy atom. The molecule has 0 spiro atoms. The highest BCUT2D eigenvalue weighted by Gasteiger charge is 2.22. The Labute approximate surface area is 247 Å². The van der Waals surface area contributed by atoms with E-state index in [0.717, 1.165) is 19.2 Å². The molecule has 232 valence electrons. The summed E-state index contributed by atoms with van der Waals surface area (Å²) in [6.07, 6.45) is 3.93. The molecule has 0 radical (unpaired) electrons. The smallest absolute Gasteiger partial charge is 0.407 e. The summed E-state index contributed by atoms with van der Waals surface area (Å²) in [6.45, 7) is 4.21. The lowest BCUT2D eigenvalue weighted by molar-refractivity contribution is -0.123. The number of fused-ring (bicyclic) bond motifs is 1. The molecule has 2 aromatic heterocycles. The molecule has 12 nitrogen and oxygen atoms in total. The molecule has 0 aliphatic carbocycles. The summed E-state index contributed by atoms with van der Waals surface area (Å²) in [4.78, 5) is 55.9. The number of carbonyl (C=O) groups excluding carboxylic acids is 3. The molecule has 0 fully saturated rings. The van der Waals surface area contributed by atoms with Gasteiger partial charge in [0.2, 0.25) is 11.8 Å². The molecule has 3 rings (SSSR count). The molecule has 1 unspecified atom stereocenters. The highest BCUT2D eigenvalue weighted by atomic mass is 19.2. The average Bonchev–Trinajstić information content (AvgIpc) is 3.27. The number of likely N-dealkylation sites (N-methyl/N-ethyl adjacent to an activating group) is 1. The number of anilines is 1. The molecule has 3 amide bonds. The summed E-state index contributed by atoms with van der Waals surface area (Å²) in [5, 5.41) is 4.98. The first-order chi connectivity index (χ1) is 20.4. The SMILES string of the molecule is COC(=O)NC(CCC=CC(=O)N(C)C)C(=O)Nc1cccn(Cc2nc3cc(F)c(F)cc3n2CCOC(C)C)c1=O. The van der Waals surface area contributed by atoms with Gasteiger partial charge in [0, 0.05) is 39.0 Å². The Hall–Kier alpha value is -4.59. The van der Waals surface area contributed by atoms with Gasteiger partial charge >= 0.3 is 6.09 Å². The zero-order chi connectivity index (χ0) is 31.7. The molecule has 2 heterocycles. The third-order valence-corrected chi connectivity index (χ3v) is 6.34. The molecular weight excluding hydrogens is 566 g/mol. The van der Waals surface area contributed by atoms with Gasteiger partial charge in [-0.15, -0.1) is 0 Å². The minimum Gasteiger partial charge on any atom is -0.453 e. The topological polar surface area (TPSA) is 137 Å². The van der Waals surface area contributed by atoms with Crippen molar-refractivity contribution >= 4 is 34.6 Å². The molecule has 0 aliphatic heterocycles. The van der Waals surface area contributed by atoms with Crippen LogP contribution in [0, 0.1) is 11.6 Å². The number of methoxy groups -OCH3 is 1. The largest absolute Gasteiger partial charge is 0.453 e. The molecule has 1 atom stereocenters. The minimum atomic E-state index is -1.07. The molecule has 43 heavy (non-hydrogen) atoms. The van der Waals surface area contributed by atoms with Crippen molar-refractivity contribution in [1.82, 2.24) is 24.3 Å². The maximum Gasteiger partial charge on any atom is 0.407 e. The van der Waals surface area contributed by atoms with Gasteiger partial charge < -0.3 is 34.1 Å². The van der Waals surface area contributed by atoms with Gasteiger partial charge in [-0.25, -0.2) is 18.6 Å². The number of rotatable bonds is 13. The molecule has 2 N–H and O–H groups in total. The molecule has 0 bridgehead atoms. The molecule has 0 saturated heterocycles. The van der Waals surface area contributed by atoms with Crippen LogP contribution in [-0.4, -0.2) is 76.9 Å². The zero-order valence-corrected chi connectivity index (χ0v) is 24.7. The Morgan fingerprint density at radius 3 is 2.56 bits per heavy atom. The van der Waals surface area contributed by atoms with Crippen molar-refractivity contribution in [3.05, 3.63) is 70.4 Å². The normalized spacial score (nSPS) is 12.1.